The van der Waals surface area contributed by atoms with Crippen LogP contribution in [0.4, 0.5) is 0 Å². The van der Waals surface area contributed by atoms with Crippen molar-refractivity contribution in [2.45, 2.75) is 77.5 Å². The van der Waals surface area contributed by atoms with Crippen molar-refractivity contribution in [3.8, 4) is 0 Å². The van der Waals surface area contributed by atoms with Crippen molar-refractivity contribution in [2.24, 2.45) is 5.92 Å². The van der Waals surface area contributed by atoms with Crippen molar-refractivity contribution in [2.75, 3.05) is 6.61 Å². The molecule has 1 saturated carbocycles. The standard InChI is InChI=1S/C15H29NO3/c1-11(2)12(3)19-10-6-5-9-15(4,14(17)18)16-13-7-8-13/h11-13,16H,5-10H2,1-4H3,(H,17,18). The van der Waals surface area contributed by atoms with E-state index < -0.39 is 11.5 Å². The van der Waals surface area contributed by atoms with Gasteiger partial charge in [-0.2, -0.15) is 0 Å². The maximum absolute atomic E-state index is 11.4. The Bertz CT molecular complexity index is 289. The predicted octanol–water partition coefficient (Wildman–Crippen LogP) is 2.81. The fourth-order valence-corrected chi connectivity index (χ4v) is 1.96. The number of carboxylic acids is 1. The summed E-state index contributed by atoms with van der Waals surface area (Å²) in [6.07, 6.45) is 4.96. The van der Waals surface area contributed by atoms with E-state index in [4.69, 9.17) is 4.74 Å². The van der Waals surface area contributed by atoms with E-state index in [1.54, 1.807) is 6.92 Å². The highest BCUT2D eigenvalue weighted by atomic mass is 16.5. The highest BCUT2D eigenvalue weighted by Gasteiger charge is 2.37. The zero-order chi connectivity index (χ0) is 14.5. The van der Waals surface area contributed by atoms with Crippen LogP contribution in [-0.2, 0) is 9.53 Å². The molecule has 1 aliphatic carbocycles. The van der Waals surface area contributed by atoms with Gasteiger partial charge in [0.15, 0.2) is 0 Å². The molecule has 0 bridgehead atoms. The second kappa shape index (κ2) is 7.25. The number of hydrogen-bond donors (Lipinski definition) is 2. The summed E-state index contributed by atoms with van der Waals surface area (Å²) in [7, 11) is 0. The molecule has 112 valence electrons. The molecule has 0 aromatic rings. The van der Waals surface area contributed by atoms with Gasteiger partial charge in [-0.15, -0.1) is 0 Å². The van der Waals surface area contributed by atoms with Gasteiger partial charge in [0.1, 0.15) is 5.54 Å². The zero-order valence-electron chi connectivity index (χ0n) is 12.7. The Morgan fingerprint density at radius 1 is 1.37 bits per heavy atom. The van der Waals surface area contributed by atoms with Crippen molar-refractivity contribution < 1.29 is 14.6 Å². The molecule has 0 saturated heterocycles. The monoisotopic (exact) mass is 271 g/mol. The Morgan fingerprint density at radius 3 is 2.47 bits per heavy atom. The van der Waals surface area contributed by atoms with Gasteiger partial charge >= 0.3 is 5.97 Å². The molecule has 0 aromatic heterocycles. The summed E-state index contributed by atoms with van der Waals surface area (Å²) in [5.41, 5.74) is -0.773. The summed E-state index contributed by atoms with van der Waals surface area (Å²) in [6.45, 7) is 8.89. The molecule has 0 amide bonds. The summed E-state index contributed by atoms with van der Waals surface area (Å²) < 4.78 is 5.70. The van der Waals surface area contributed by atoms with Crippen molar-refractivity contribution >= 4 is 5.97 Å². The Hall–Kier alpha value is -0.610. The first-order chi connectivity index (χ1) is 8.85. The van der Waals surface area contributed by atoms with Crippen LogP contribution < -0.4 is 5.32 Å². The van der Waals surface area contributed by atoms with E-state index in [1.165, 1.54) is 0 Å². The van der Waals surface area contributed by atoms with Crippen LogP contribution in [0.2, 0.25) is 0 Å². The normalized spacial score (nSPS) is 20.3. The molecular weight excluding hydrogens is 242 g/mol. The molecule has 19 heavy (non-hydrogen) atoms. The van der Waals surface area contributed by atoms with Crippen LogP contribution in [0.3, 0.4) is 0 Å². The number of carbonyl (C=O) groups is 1. The van der Waals surface area contributed by atoms with Gasteiger partial charge in [-0.3, -0.25) is 10.1 Å². The topological polar surface area (TPSA) is 58.6 Å². The Balaban J connectivity index is 2.19. The van der Waals surface area contributed by atoms with Gasteiger partial charge in [0, 0.05) is 12.6 Å². The SMILES string of the molecule is CC(C)C(C)OCCCCC(C)(NC1CC1)C(=O)O. The van der Waals surface area contributed by atoms with Crippen LogP contribution in [-0.4, -0.2) is 35.4 Å². The summed E-state index contributed by atoms with van der Waals surface area (Å²) in [4.78, 5) is 11.4. The smallest absolute Gasteiger partial charge is 0.323 e. The third kappa shape index (κ3) is 5.91. The first-order valence-electron chi connectivity index (χ1n) is 7.48. The lowest BCUT2D eigenvalue weighted by Crippen LogP contribution is -2.50. The van der Waals surface area contributed by atoms with Gasteiger partial charge in [-0.25, -0.2) is 0 Å². The minimum Gasteiger partial charge on any atom is -0.480 e. The highest BCUT2D eigenvalue weighted by Crippen LogP contribution is 2.25. The van der Waals surface area contributed by atoms with Crippen molar-refractivity contribution in [3.63, 3.8) is 0 Å². The second-order valence-electron chi connectivity index (χ2n) is 6.33. The summed E-state index contributed by atoms with van der Waals surface area (Å²) in [5, 5.41) is 12.6. The van der Waals surface area contributed by atoms with Crippen LogP contribution >= 0.6 is 0 Å². The van der Waals surface area contributed by atoms with Crippen LogP contribution in [0.25, 0.3) is 0 Å². The fourth-order valence-electron chi connectivity index (χ4n) is 1.96. The summed E-state index contributed by atoms with van der Waals surface area (Å²) >= 11 is 0. The molecule has 0 heterocycles. The van der Waals surface area contributed by atoms with Gasteiger partial charge < -0.3 is 9.84 Å². The Kier molecular flexibility index (Phi) is 6.27. The largest absolute Gasteiger partial charge is 0.480 e. The Labute approximate surface area is 116 Å². The van der Waals surface area contributed by atoms with Crippen LogP contribution in [0, 0.1) is 5.92 Å². The minimum atomic E-state index is -0.773. The van der Waals surface area contributed by atoms with Crippen molar-refractivity contribution in [1.82, 2.24) is 5.32 Å². The molecule has 1 aliphatic rings. The maximum Gasteiger partial charge on any atom is 0.323 e. The molecule has 2 unspecified atom stereocenters. The van der Waals surface area contributed by atoms with Gasteiger partial charge in [0.05, 0.1) is 6.10 Å². The molecule has 4 heteroatoms. The zero-order valence-corrected chi connectivity index (χ0v) is 12.7. The van der Waals surface area contributed by atoms with E-state index in [9.17, 15) is 9.90 Å². The lowest BCUT2D eigenvalue weighted by Gasteiger charge is -2.26. The summed E-state index contributed by atoms with van der Waals surface area (Å²) in [5.74, 6) is -0.211. The molecule has 0 aromatic carbocycles. The van der Waals surface area contributed by atoms with Crippen LogP contribution in [0.15, 0.2) is 0 Å². The maximum atomic E-state index is 11.4. The van der Waals surface area contributed by atoms with E-state index in [-0.39, 0.29) is 6.10 Å². The number of carboxylic acid groups (broad SMARTS) is 1. The third-order valence-corrected chi connectivity index (χ3v) is 3.96. The van der Waals surface area contributed by atoms with E-state index in [0.717, 1.165) is 32.3 Å². The average molecular weight is 271 g/mol. The van der Waals surface area contributed by atoms with E-state index in [0.29, 0.717) is 18.4 Å². The van der Waals surface area contributed by atoms with E-state index >= 15 is 0 Å². The lowest BCUT2D eigenvalue weighted by atomic mass is 9.95. The molecule has 1 rings (SSSR count). The third-order valence-electron chi connectivity index (χ3n) is 3.96. The predicted molar refractivity (Wildman–Crippen MR) is 76.3 cm³/mol. The molecule has 2 N–H and O–H groups in total. The number of nitrogens with one attached hydrogen (secondary N) is 1. The second-order valence-corrected chi connectivity index (χ2v) is 6.33. The number of unbranched alkanes of at least 4 members (excludes halogenated alkanes) is 1. The van der Waals surface area contributed by atoms with Gasteiger partial charge in [0.2, 0.25) is 0 Å². The van der Waals surface area contributed by atoms with Gasteiger partial charge in [-0.05, 0) is 51.9 Å². The number of ether oxygens (including phenoxy) is 1. The van der Waals surface area contributed by atoms with Gasteiger partial charge in [-0.1, -0.05) is 13.8 Å². The molecule has 1 fully saturated rings. The van der Waals surface area contributed by atoms with Crippen molar-refractivity contribution in [3.05, 3.63) is 0 Å². The molecular formula is C15H29NO3. The molecule has 4 nitrogen and oxygen atoms in total. The number of rotatable bonds is 10. The van der Waals surface area contributed by atoms with Crippen LogP contribution in [0.5, 0.6) is 0 Å². The average Bonchev–Trinajstić information content (AvgIpc) is 3.11. The quantitative estimate of drug-likeness (QED) is 0.600. The van der Waals surface area contributed by atoms with E-state index in [2.05, 4.69) is 26.1 Å². The van der Waals surface area contributed by atoms with Crippen molar-refractivity contribution in [1.29, 1.82) is 0 Å². The summed E-state index contributed by atoms with van der Waals surface area (Å²) in [6, 6.07) is 0.415. The number of aliphatic carboxylic acids is 1. The minimum absolute atomic E-state index is 0.274. The first-order valence-corrected chi connectivity index (χ1v) is 7.48. The molecule has 2 atom stereocenters. The molecule has 0 aliphatic heterocycles. The van der Waals surface area contributed by atoms with Crippen LogP contribution in [0.1, 0.15) is 59.8 Å². The number of hydrogen-bond acceptors (Lipinski definition) is 3. The first kappa shape index (κ1) is 16.4. The van der Waals surface area contributed by atoms with E-state index in [1.807, 2.05) is 0 Å². The Morgan fingerprint density at radius 2 is 2.00 bits per heavy atom. The molecule has 0 radical (unpaired) electrons. The highest BCUT2D eigenvalue weighted by molar-refractivity contribution is 5.78. The van der Waals surface area contributed by atoms with Gasteiger partial charge in [0.25, 0.3) is 0 Å². The fraction of sp³-hybridized carbons (Fsp3) is 0.933. The molecule has 0 spiro atoms. The lowest BCUT2D eigenvalue weighted by molar-refractivity contribution is -0.144.